The van der Waals surface area contributed by atoms with E-state index in [2.05, 4.69) is 10.0 Å². The minimum absolute atomic E-state index is 0.0251. The number of fused-ring (bicyclic) bond motifs is 4. The van der Waals surface area contributed by atoms with Crippen LogP contribution in [0.15, 0.2) is 46.1 Å². The number of pyridine rings is 1. The van der Waals surface area contributed by atoms with Gasteiger partial charge in [0, 0.05) is 49.8 Å². The van der Waals surface area contributed by atoms with Crippen molar-refractivity contribution in [3.63, 3.8) is 0 Å². The summed E-state index contributed by atoms with van der Waals surface area (Å²) < 4.78 is 30.6. The molecule has 1 saturated carbocycles. The van der Waals surface area contributed by atoms with Gasteiger partial charge in [0.2, 0.25) is 27.7 Å². The summed E-state index contributed by atoms with van der Waals surface area (Å²) in [5, 5.41) is 2.80. The van der Waals surface area contributed by atoms with E-state index < -0.39 is 22.0 Å². The van der Waals surface area contributed by atoms with Crippen molar-refractivity contribution < 1.29 is 22.8 Å². The number of anilines is 1. The van der Waals surface area contributed by atoms with Crippen LogP contribution in [-0.2, 0) is 31.0 Å². The number of halogens is 1. The van der Waals surface area contributed by atoms with E-state index in [0.29, 0.717) is 44.7 Å². The summed E-state index contributed by atoms with van der Waals surface area (Å²) in [6.45, 7) is 1.81. The van der Waals surface area contributed by atoms with Gasteiger partial charge in [-0.3, -0.25) is 19.2 Å². The second-order valence-corrected chi connectivity index (χ2v) is 13.6. The van der Waals surface area contributed by atoms with Gasteiger partial charge in [-0.05, 0) is 62.3 Å². The van der Waals surface area contributed by atoms with Gasteiger partial charge in [-0.2, -0.15) is 4.72 Å². The van der Waals surface area contributed by atoms with Crippen molar-refractivity contribution >= 4 is 45.0 Å². The maximum absolute atomic E-state index is 13.3. The standard InChI is InChI=1S/C28H32ClN5O6S/c29-21-12-20(8-9-22(21)30-27(37)18-6-7-18)41(39,40)31-23-3-2-10-32(28(23)38)16-26(36)33-13-17-11-19(15-33)24-4-1-5-25(35)34(24)14-17/h1,4-5,8-9,12,17-19,23,31H,2-3,6-7,10-11,13-16H2,(H,30,37)/t17-,19?,23-/m0/s1. The Kier molecular flexibility index (Phi) is 7.41. The number of likely N-dealkylation sites (tertiary alicyclic amines) is 2. The number of hydrogen-bond acceptors (Lipinski definition) is 6. The predicted molar refractivity (Wildman–Crippen MR) is 151 cm³/mol. The molecule has 6 rings (SSSR count). The summed E-state index contributed by atoms with van der Waals surface area (Å²) in [6, 6.07) is 8.26. The van der Waals surface area contributed by atoms with Gasteiger partial charge < -0.3 is 19.7 Å². The average Bonchev–Trinajstić information content (AvgIpc) is 3.78. The van der Waals surface area contributed by atoms with Crippen LogP contribution in [0.25, 0.3) is 0 Å². The summed E-state index contributed by atoms with van der Waals surface area (Å²) in [7, 11) is -4.10. The van der Waals surface area contributed by atoms with Crippen molar-refractivity contribution in [2.75, 3.05) is 31.5 Å². The normalized spacial score (nSPS) is 24.1. The second kappa shape index (κ2) is 10.9. The van der Waals surface area contributed by atoms with Crippen molar-refractivity contribution in [1.29, 1.82) is 0 Å². The van der Waals surface area contributed by atoms with E-state index in [4.69, 9.17) is 11.6 Å². The summed E-state index contributed by atoms with van der Waals surface area (Å²) >= 11 is 6.26. The van der Waals surface area contributed by atoms with Gasteiger partial charge in [0.1, 0.15) is 6.04 Å². The molecule has 0 radical (unpaired) electrons. The third kappa shape index (κ3) is 5.77. The molecule has 4 aliphatic rings. The van der Waals surface area contributed by atoms with Gasteiger partial charge in [-0.15, -0.1) is 0 Å². The van der Waals surface area contributed by atoms with E-state index in [9.17, 15) is 27.6 Å². The minimum Gasteiger partial charge on any atom is -0.340 e. The number of piperidine rings is 2. The first kappa shape index (κ1) is 27.9. The fourth-order valence-corrected chi connectivity index (χ4v) is 7.71. The van der Waals surface area contributed by atoms with Crippen LogP contribution in [0.2, 0.25) is 5.02 Å². The largest absolute Gasteiger partial charge is 0.340 e. The Bertz CT molecular complexity index is 1570. The van der Waals surface area contributed by atoms with Gasteiger partial charge in [0.05, 0.1) is 22.2 Å². The summed E-state index contributed by atoms with van der Waals surface area (Å²) in [6.07, 6.45) is 3.42. The van der Waals surface area contributed by atoms with Crippen LogP contribution in [0.4, 0.5) is 5.69 Å². The number of nitrogens with one attached hydrogen (secondary N) is 2. The Morgan fingerprint density at radius 2 is 1.83 bits per heavy atom. The lowest BCUT2D eigenvalue weighted by atomic mass is 9.83. The molecule has 218 valence electrons. The molecule has 2 bridgehead atoms. The molecule has 4 heterocycles. The van der Waals surface area contributed by atoms with E-state index in [1.807, 2.05) is 6.07 Å². The highest BCUT2D eigenvalue weighted by molar-refractivity contribution is 7.89. The van der Waals surface area contributed by atoms with Crippen LogP contribution in [0, 0.1) is 11.8 Å². The zero-order chi connectivity index (χ0) is 28.9. The fraction of sp³-hybridized carbons (Fsp3) is 0.500. The molecule has 11 nitrogen and oxygen atoms in total. The first-order chi connectivity index (χ1) is 19.6. The van der Waals surface area contributed by atoms with Crippen LogP contribution < -0.4 is 15.6 Å². The summed E-state index contributed by atoms with van der Waals surface area (Å²) in [5.74, 6) is -0.559. The lowest BCUT2D eigenvalue weighted by Gasteiger charge is -2.43. The van der Waals surface area contributed by atoms with Crippen LogP contribution >= 0.6 is 11.6 Å². The molecule has 2 saturated heterocycles. The Balaban J connectivity index is 1.09. The number of hydrogen-bond donors (Lipinski definition) is 2. The Hall–Kier alpha value is -3.22. The van der Waals surface area contributed by atoms with Gasteiger partial charge >= 0.3 is 0 Å². The zero-order valence-electron chi connectivity index (χ0n) is 22.4. The molecule has 3 aliphatic heterocycles. The van der Waals surface area contributed by atoms with E-state index in [1.54, 1.807) is 21.6 Å². The van der Waals surface area contributed by atoms with Crippen LogP contribution in [0.3, 0.4) is 0 Å². The highest BCUT2D eigenvalue weighted by Gasteiger charge is 2.38. The number of nitrogens with zero attached hydrogens (tertiary/aromatic N) is 3. The van der Waals surface area contributed by atoms with Crippen LogP contribution in [-0.4, -0.2) is 72.7 Å². The van der Waals surface area contributed by atoms with Gasteiger partial charge in [0.25, 0.3) is 5.56 Å². The minimum atomic E-state index is -4.10. The molecule has 0 spiro atoms. The Morgan fingerprint density at radius 3 is 2.59 bits per heavy atom. The van der Waals surface area contributed by atoms with E-state index in [-0.39, 0.29) is 51.6 Å². The molecule has 1 aromatic carbocycles. The fourth-order valence-electron chi connectivity index (χ4n) is 6.17. The lowest BCUT2D eigenvalue weighted by molar-refractivity contribution is -0.144. The quantitative estimate of drug-likeness (QED) is 0.496. The highest BCUT2D eigenvalue weighted by Crippen LogP contribution is 2.35. The average molecular weight is 602 g/mol. The number of benzene rings is 1. The maximum Gasteiger partial charge on any atom is 0.250 e. The number of aromatic nitrogens is 1. The number of carbonyl (C=O) groups is 3. The molecular weight excluding hydrogens is 570 g/mol. The van der Waals surface area contributed by atoms with Crippen LogP contribution in [0.5, 0.6) is 0 Å². The molecule has 2 aromatic rings. The number of carbonyl (C=O) groups excluding carboxylic acids is 3. The third-order valence-electron chi connectivity index (χ3n) is 8.44. The molecule has 1 aromatic heterocycles. The third-order valence-corrected chi connectivity index (χ3v) is 10.2. The van der Waals surface area contributed by atoms with Crippen molar-refractivity contribution in [2.45, 2.75) is 55.5 Å². The number of rotatable bonds is 7. The lowest BCUT2D eigenvalue weighted by Crippen LogP contribution is -2.56. The summed E-state index contributed by atoms with van der Waals surface area (Å²) in [4.78, 5) is 54.0. The molecule has 2 N–H and O–H groups in total. The number of sulfonamides is 1. The first-order valence-corrected chi connectivity index (χ1v) is 15.8. The molecule has 3 amide bonds. The highest BCUT2D eigenvalue weighted by atomic mass is 35.5. The molecule has 41 heavy (non-hydrogen) atoms. The molecule has 1 unspecified atom stereocenters. The topological polar surface area (TPSA) is 138 Å². The van der Waals surface area contributed by atoms with Crippen molar-refractivity contribution in [3.8, 4) is 0 Å². The smallest absolute Gasteiger partial charge is 0.250 e. The van der Waals surface area contributed by atoms with E-state index in [1.165, 1.54) is 23.1 Å². The predicted octanol–water partition coefficient (Wildman–Crippen LogP) is 1.77. The summed E-state index contributed by atoms with van der Waals surface area (Å²) in [5.41, 5.74) is 1.24. The SMILES string of the molecule is O=C(Nc1ccc(S(=O)(=O)N[C@H]2CCCN(CC(=O)N3CC4C[C@@H](C3)Cn3c4cccc3=O)C2=O)cc1Cl)C1CC1. The molecule has 3 fully saturated rings. The first-order valence-electron chi connectivity index (χ1n) is 14.0. The monoisotopic (exact) mass is 601 g/mol. The van der Waals surface area contributed by atoms with E-state index >= 15 is 0 Å². The molecular formula is C28H32ClN5O6S. The van der Waals surface area contributed by atoms with Crippen molar-refractivity contribution in [2.24, 2.45) is 11.8 Å². The molecule has 1 aliphatic carbocycles. The van der Waals surface area contributed by atoms with Crippen LogP contribution in [0.1, 0.15) is 43.7 Å². The molecule has 13 heteroatoms. The Labute approximate surface area is 242 Å². The zero-order valence-corrected chi connectivity index (χ0v) is 24.0. The van der Waals surface area contributed by atoms with Gasteiger partial charge in [0.15, 0.2) is 0 Å². The van der Waals surface area contributed by atoms with Crippen molar-refractivity contribution in [1.82, 2.24) is 19.1 Å². The van der Waals surface area contributed by atoms with E-state index in [0.717, 1.165) is 25.0 Å². The second-order valence-electron chi connectivity index (χ2n) is 11.5. The van der Waals surface area contributed by atoms with Crippen molar-refractivity contribution in [3.05, 3.63) is 57.5 Å². The Morgan fingerprint density at radius 1 is 1.02 bits per heavy atom. The maximum atomic E-state index is 13.3. The van der Waals surface area contributed by atoms with Gasteiger partial charge in [-0.1, -0.05) is 17.7 Å². The van der Waals surface area contributed by atoms with Gasteiger partial charge in [-0.25, -0.2) is 8.42 Å². The number of amides is 3. The molecule has 3 atom stereocenters.